The summed E-state index contributed by atoms with van der Waals surface area (Å²) >= 11 is 0. The van der Waals surface area contributed by atoms with Crippen LogP contribution in [0.15, 0.2) is 43.0 Å². The number of imidazole rings is 2. The number of hydrogen-bond acceptors (Lipinski definition) is 4. The van der Waals surface area contributed by atoms with Crippen LogP contribution in [-0.4, -0.2) is 68.4 Å². The van der Waals surface area contributed by atoms with Crippen LogP contribution in [0.5, 0.6) is 0 Å². The maximum absolute atomic E-state index is 13.0. The number of aryl methyl sites for hydroxylation is 1. The van der Waals surface area contributed by atoms with E-state index < -0.39 is 0 Å². The van der Waals surface area contributed by atoms with Crippen LogP contribution < -0.4 is 0 Å². The third kappa shape index (κ3) is 3.94. The van der Waals surface area contributed by atoms with Crippen molar-refractivity contribution >= 4 is 11.6 Å². The van der Waals surface area contributed by atoms with Gasteiger partial charge in [-0.3, -0.25) is 4.79 Å². The molecule has 0 unspecified atom stereocenters. The molecule has 7 heteroatoms. The van der Waals surface area contributed by atoms with Crippen LogP contribution in [0.1, 0.15) is 41.5 Å². The van der Waals surface area contributed by atoms with Crippen LogP contribution in [0.3, 0.4) is 0 Å². The summed E-state index contributed by atoms with van der Waals surface area (Å²) in [6.07, 6.45) is 10.8. The molecule has 148 valence electrons. The van der Waals surface area contributed by atoms with Gasteiger partial charge < -0.3 is 18.8 Å². The van der Waals surface area contributed by atoms with E-state index in [0.717, 1.165) is 50.4 Å². The van der Waals surface area contributed by atoms with Gasteiger partial charge in [-0.15, -0.1) is 0 Å². The highest BCUT2D eigenvalue weighted by Crippen LogP contribution is 2.27. The van der Waals surface area contributed by atoms with Crippen LogP contribution in [0, 0.1) is 0 Å². The van der Waals surface area contributed by atoms with Gasteiger partial charge in [-0.05, 0) is 52.0 Å². The molecule has 0 aromatic carbocycles. The lowest BCUT2D eigenvalue weighted by molar-refractivity contribution is 0.0698. The Bertz CT molecular complexity index is 910. The van der Waals surface area contributed by atoms with Gasteiger partial charge in [-0.2, -0.15) is 0 Å². The van der Waals surface area contributed by atoms with Crippen LogP contribution in [0.4, 0.5) is 0 Å². The summed E-state index contributed by atoms with van der Waals surface area (Å²) in [4.78, 5) is 26.3. The Hall–Kier alpha value is -2.67. The van der Waals surface area contributed by atoms with Crippen LogP contribution >= 0.6 is 0 Å². The number of amides is 1. The molecular weight excluding hydrogens is 352 g/mol. The summed E-state index contributed by atoms with van der Waals surface area (Å²) in [6, 6.07) is 5.79. The number of hydrogen-bond donors (Lipinski definition) is 0. The number of aromatic nitrogens is 4. The van der Waals surface area contributed by atoms with Crippen molar-refractivity contribution in [3.05, 3.63) is 54.5 Å². The smallest absolute Gasteiger partial charge is 0.274 e. The van der Waals surface area contributed by atoms with Crippen molar-refractivity contribution in [2.75, 3.05) is 33.7 Å². The molecule has 0 radical (unpaired) electrons. The molecule has 1 amide bonds. The van der Waals surface area contributed by atoms with Gasteiger partial charge in [0.25, 0.3) is 5.91 Å². The lowest BCUT2D eigenvalue weighted by Gasteiger charge is -2.32. The first kappa shape index (κ1) is 18.7. The highest BCUT2D eigenvalue weighted by molar-refractivity contribution is 5.93. The van der Waals surface area contributed by atoms with Gasteiger partial charge in [0.1, 0.15) is 17.2 Å². The summed E-state index contributed by atoms with van der Waals surface area (Å²) in [5.74, 6) is 1.40. The molecule has 3 aromatic heterocycles. The standard InChI is InChI=1S/C21H28N6O/c1-24(2)10-6-13-25-14-9-22-20(25)17-7-5-12-27(15-17)21(28)18-16-26-11-4-3-8-19(26)23-18/h3-4,8-9,11,14,16-17H,5-7,10,12-13,15H2,1-2H3/t17-/m0/s1. The molecule has 0 bridgehead atoms. The Morgan fingerprint density at radius 2 is 2.18 bits per heavy atom. The summed E-state index contributed by atoms with van der Waals surface area (Å²) < 4.78 is 4.15. The lowest BCUT2D eigenvalue weighted by atomic mass is 9.96. The Morgan fingerprint density at radius 3 is 3.00 bits per heavy atom. The SMILES string of the molecule is CN(C)CCCn1ccnc1[C@H]1CCCN(C(=O)c2cn3ccccc3n2)C1. The van der Waals surface area contributed by atoms with E-state index >= 15 is 0 Å². The van der Waals surface area contributed by atoms with Gasteiger partial charge in [0.05, 0.1) is 0 Å². The summed E-state index contributed by atoms with van der Waals surface area (Å²) in [5, 5.41) is 0. The monoisotopic (exact) mass is 380 g/mol. The minimum Gasteiger partial charge on any atom is -0.337 e. The van der Waals surface area contributed by atoms with Crippen molar-refractivity contribution < 1.29 is 4.79 Å². The van der Waals surface area contributed by atoms with E-state index in [1.807, 2.05) is 46.1 Å². The van der Waals surface area contributed by atoms with E-state index in [-0.39, 0.29) is 11.8 Å². The second kappa shape index (κ2) is 8.14. The third-order valence-electron chi connectivity index (χ3n) is 5.41. The van der Waals surface area contributed by atoms with Crippen molar-refractivity contribution in [3.63, 3.8) is 0 Å². The van der Waals surface area contributed by atoms with Crippen molar-refractivity contribution in [1.82, 2.24) is 28.7 Å². The highest BCUT2D eigenvalue weighted by atomic mass is 16.2. The molecule has 0 aliphatic carbocycles. The highest BCUT2D eigenvalue weighted by Gasteiger charge is 2.29. The maximum atomic E-state index is 13.0. The Labute approximate surface area is 165 Å². The Morgan fingerprint density at radius 1 is 1.29 bits per heavy atom. The van der Waals surface area contributed by atoms with E-state index in [1.54, 1.807) is 0 Å². The molecule has 4 rings (SSSR count). The normalized spacial score (nSPS) is 17.5. The lowest BCUT2D eigenvalue weighted by Crippen LogP contribution is -2.40. The fourth-order valence-corrected chi connectivity index (χ4v) is 4.00. The molecule has 7 nitrogen and oxygen atoms in total. The molecular formula is C21H28N6O. The van der Waals surface area contributed by atoms with E-state index in [2.05, 4.69) is 39.7 Å². The second-order valence-electron chi connectivity index (χ2n) is 7.82. The zero-order chi connectivity index (χ0) is 19.5. The first-order valence-electron chi connectivity index (χ1n) is 10.0. The molecule has 1 atom stereocenters. The maximum Gasteiger partial charge on any atom is 0.274 e. The zero-order valence-corrected chi connectivity index (χ0v) is 16.7. The number of rotatable bonds is 6. The Balaban J connectivity index is 1.46. The van der Waals surface area contributed by atoms with Crippen LogP contribution in [-0.2, 0) is 6.54 Å². The molecule has 0 spiro atoms. The Kier molecular flexibility index (Phi) is 5.43. The topological polar surface area (TPSA) is 58.7 Å². The van der Waals surface area contributed by atoms with Crippen molar-refractivity contribution in [2.24, 2.45) is 0 Å². The van der Waals surface area contributed by atoms with E-state index in [0.29, 0.717) is 12.2 Å². The van der Waals surface area contributed by atoms with E-state index in [9.17, 15) is 4.79 Å². The zero-order valence-electron chi connectivity index (χ0n) is 16.7. The van der Waals surface area contributed by atoms with Gasteiger partial charge >= 0.3 is 0 Å². The van der Waals surface area contributed by atoms with Gasteiger partial charge in [0.15, 0.2) is 0 Å². The fourth-order valence-electron chi connectivity index (χ4n) is 4.00. The van der Waals surface area contributed by atoms with Crippen LogP contribution in [0.2, 0.25) is 0 Å². The van der Waals surface area contributed by atoms with E-state index in [1.165, 1.54) is 0 Å². The number of carbonyl (C=O) groups excluding carboxylic acids is 1. The molecule has 1 fully saturated rings. The number of pyridine rings is 1. The molecule has 0 N–H and O–H groups in total. The van der Waals surface area contributed by atoms with Crippen LogP contribution in [0.25, 0.3) is 5.65 Å². The summed E-state index contributed by atoms with van der Waals surface area (Å²) in [5.41, 5.74) is 1.32. The fraction of sp³-hybridized carbons (Fsp3) is 0.476. The minimum atomic E-state index is 0.0131. The number of nitrogens with zero attached hydrogens (tertiary/aromatic N) is 6. The largest absolute Gasteiger partial charge is 0.337 e. The average Bonchev–Trinajstić information content (AvgIpc) is 3.34. The number of carbonyl (C=O) groups is 1. The second-order valence-corrected chi connectivity index (χ2v) is 7.82. The number of piperidine rings is 1. The predicted molar refractivity (Wildman–Crippen MR) is 108 cm³/mol. The molecule has 0 saturated carbocycles. The van der Waals surface area contributed by atoms with Gasteiger partial charge in [-0.1, -0.05) is 6.07 Å². The quantitative estimate of drug-likeness (QED) is 0.659. The molecule has 3 aromatic rings. The summed E-state index contributed by atoms with van der Waals surface area (Å²) in [6.45, 7) is 3.51. The number of fused-ring (bicyclic) bond motifs is 1. The average molecular weight is 380 g/mol. The first-order chi connectivity index (χ1) is 13.6. The first-order valence-corrected chi connectivity index (χ1v) is 10.0. The van der Waals surface area contributed by atoms with Gasteiger partial charge in [0.2, 0.25) is 0 Å². The van der Waals surface area contributed by atoms with E-state index in [4.69, 9.17) is 0 Å². The van der Waals surface area contributed by atoms with Gasteiger partial charge in [0, 0.05) is 50.3 Å². The molecule has 1 aliphatic rings. The van der Waals surface area contributed by atoms with Crippen molar-refractivity contribution in [1.29, 1.82) is 0 Å². The van der Waals surface area contributed by atoms with Crippen molar-refractivity contribution in [2.45, 2.75) is 31.7 Å². The predicted octanol–water partition coefficient (Wildman–Crippen LogP) is 2.50. The molecule has 1 saturated heterocycles. The molecule has 28 heavy (non-hydrogen) atoms. The molecule has 4 heterocycles. The number of likely N-dealkylation sites (tertiary alicyclic amines) is 1. The molecule has 1 aliphatic heterocycles. The third-order valence-corrected chi connectivity index (χ3v) is 5.41. The minimum absolute atomic E-state index is 0.0131. The van der Waals surface area contributed by atoms with Crippen molar-refractivity contribution in [3.8, 4) is 0 Å². The van der Waals surface area contributed by atoms with Gasteiger partial charge in [-0.25, -0.2) is 9.97 Å². The summed E-state index contributed by atoms with van der Waals surface area (Å²) in [7, 11) is 4.19.